The van der Waals surface area contributed by atoms with Gasteiger partial charge >= 0.3 is 0 Å². The summed E-state index contributed by atoms with van der Waals surface area (Å²) < 4.78 is 10.9. The molecule has 4 nitrogen and oxygen atoms in total. The number of ketones is 1. The molecule has 0 N–H and O–H groups in total. The number of rotatable bonds is 4. The zero-order valence-electron chi connectivity index (χ0n) is 13.0. The molecule has 3 rings (SSSR count). The van der Waals surface area contributed by atoms with Crippen LogP contribution in [0.5, 0.6) is 5.75 Å². The summed E-state index contributed by atoms with van der Waals surface area (Å²) in [6.07, 6.45) is 0.463. The Hall–Kier alpha value is -2.88. The smallest absolute Gasteiger partial charge is 0.204 e. The van der Waals surface area contributed by atoms with Crippen molar-refractivity contribution in [1.82, 2.24) is 0 Å². The molecule has 0 saturated heterocycles. The number of benzene rings is 2. The molecule has 1 heterocycles. The molecule has 0 bridgehead atoms. The van der Waals surface area contributed by atoms with Crippen molar-refractivity contribution in [1.29, 1.82) is 0 Å². The normalized spacial score (nSPS) is 10.7. The Bertz CT molecular complexity index is 937. The van der Waals surface area contributed by atoms with E-state index in [0.717, 1.165) is 0 Å². The Morgan fingerprint density at radius 2 is 1.91 bits per heavy atom. The van der Waals surface area contributed by atoms with Gasteiger partial charge in [-0.1, -0.05) is 31.2 Å². The summed E-state index contributed by atoms with van der Waals surface area (Å²) in [6, 6.07) is 13.7. The predicted molar refractivity (Wildman–Crippen MR) is 88.3 cm³/mol. The first-order valence-electron chi connectivity index (χ1n) is 7.39. The van der Waals surface area contributed by atoms with Crippen molar-refractivity contribution in [2.75, 3.05) is 7.11 Å². The van der Waals surface area contributed by atoms with Crippen molar-refractivity contribution in [2.45, 2.75) is 13.3 Å². The number of hydrogen-bond acceptors (Lipinski definition) is 4. The summed E-state index contributed by atoms with van der Waals surface area (Å²) in [7, 11) is 1.53. The van der Waals surface area contributed by atoms with E-state index in [1.807, 2.05) is 6.92 Å². The Balaban J connectivity index is 2.23. The van der Waals surface area contributed by atoms with Crippen molar-refractivity contribution in [3.8, 4) is 5.75 Å². The van der Waals surface area contributed by atoms with E-state index in [2.05, 4.69) is 0 Å². The Kier molecular flexibility index (Phi) is 3.98. The molecule has 1 aromatic heterocycles. The summed E-state index contributed by atoms with van der Waals surface area (Å²) in [4.78, 5) is 25.6. The first-order valence-corrected chi connectivity index (χ1v) is 7.39. The number of ether oxygens (including phenoxy) is 1. The molecule has 0 unspecified atom stereocenters. The highest BCUT2D eigenvalue weighted by molar-refractivity contribution is 6.10. The number of para-hydroxylation sites is 1. The minimum absolute atomic E-state index is 0.0967. The molecule has 2 aromatic carbocycles. The first-order chi connectivity index (χ1) is 11.2. The van der Waals surface area contributed by atoms with Gasteiger partial charge in [0.2, 0.25) is 11.2 Å². The summed E-state index contributed by atoms with van der Waals surface area (Å²) in [5.74, 6) is 0.626. The lowest BCUT2D eigenvalue weighted by molar-refractivity contribution is 0.103. The van der Waals surface area contributed by atoms with Gasteiger partial charge in [0, 0.05) is 12.0 Å². The van der Waals surface area contributed by atoms with Gasteiger partial charge in [-0.05, 0) is 24.3 Å². The van der Waals surface area contributed by atoms with Gasteiger partial charge in [-0.25, -0.2) is 0 Å². The number of carbonyl (C=O) groups excluding carboxylic acids is 1. The van der Waals surface area contributed by atoms with Crippen molar-refractivity contribution in [2.24, 2.45) is 0 Å². The number of methoxy groups -OCH3 is 1. The molecule has 3 aromatic rings. The van der Waals surface area contributed by atoms with Gasteiger partial charge in [-0.2, -0.15) is 0 Å². The van der Waals surface area contributed by atoms with Crippen molar-refractivity contribution in [3.05, 3.63) is 75.6 Å². The minimum atomic E-state index is -0.347. The first kappa shape index (κ1) is 15.0. The van der Waals surface area contributed by atoms with E-state index in [1.54, 1.807) is 48.5 Å². The zero-order chi connectivity index (χ0) is 16.4. The quantitative estimate of drug-likeness (QED) is 0.691. The van der Waals surface area contributed by atoms with Crippen molar-refractivity contribution >= 4 is 16.8 Å². The van der Waals surface area contributed by atoms with Gasteiger partial charge in [-0.15, -0.1) is 0 Å². The highest BCUT2D eigenvalue weighted by atomic mass is 16.5. The lowest BCUT2D eigenvalue weighted by atomic mass is 9.99. The molecule has 0 atom stereocenters. The molecular formula is C19H16O4. The second kappa shape index (κ2) is 6.08. The van der Waals surface area contributed by atoms with Crippen molar-refractivity contribution < 1.29 is 13.9 Å². The second-order valence-electron chi connectivity index (χ2n) is 5.14. The van der Waals surface area contributed by atoms with Gasteiger partial charge in [-0.3, -0.25) is 9.59 Å². The molecule has 0 aliphatic heterocycles. The van der Waals surface area contributed by atoms with Crippen LogP contribution in [0.25, 0.3) is 11.0 Å². The monoisotopic (exact) mass is 308 g/mol. The lowest BCUT2D eigenvalue weighted by Crippen LogP contribution is -2.19. The molecule has 0 saturated carbocycles. The zero-order valence-corrected chi connectivity index (χ0v) is 13.0. The fourth-order valence-electron chi connectivity index (χ4n) is 2.58. The third kappa shape index (κ3) is 2.63. The summed E-state index contributed by atoms with van der Waals surface area (Å²) in [6.45, 7) is 1.86. The van der Waals surface area contributed by atoms with E-state index >= 15 is 0 Å². The Labute approximate surface area is 133 Å². The predicted octanol–water partition coefficient (Wildman–Crippen LogP) is 3.60. The third-order valence-electron chi connectivity index (χ3n) is 3.75. The molecule has 0 aliphatic carbocycles. The molecule has 0 fully saturated rings. The van der Waals surface area contributed by atoms with Crippen LogP contribution in [0.2, 0.25) is 0 Å². The number of fused-ring (bicyclic) bond motifs is 1. The van der Waals surface area contributed by atoms with Crippen LogP contribution < -0.4 is 10.2 Å². The van der Waals surface area contributed by atoms with Gasteiger partial charge in [0.1, 0.15) is 22.7 Å². The number of carbonyl (C=O) groups is 1. The maximum atomic E-state index is 12.8. The second-order valence-corrected chi connectivity index (χ2v) is 5.14. The molecule has 0 radical (unpaired) electrons. The van der Waals surface area contributed by atoms with Gasteiger partial charge in [0.15, 0.2) is 0 Å². The van der Waals surface area contributed by atoms with Crippen LogP contribution in [-0.4, -0.2) is 12.9 Å². The van der Waals surface area contributed by atoms with E-state index in [4.69, 9.17) is 9.15 Å². The number of aryl methyl sites for hydroxylation is 1. The van der Waals surface area contributed by atoms with Crippen LogP contribution in [0.1, 0.15) is 28.6 Å². The number of hydrogen-bond donors (Lipinski definition) is 0. The van der Waals surface area contributed by atoms with Crippen LogP contribution in [0.4, 0.5) is 0 Å². The van der Waals surface area contributed by atoms with Gasteiger partial charge in [0.25, 0.3) is 0 Å². The van der Waals surface area contributed by atoms with E-state index in [-0.39, 0.29) is 16.8 Å². The SMILES string of the molecule is CCc1oc2ccccc2c(=O)c1C(=O)c1cccc(OC)c1. The van der Waals surface area contributed by atoms with Crippen LogP contribution in [0.3, 0.4) is 0 Å². The standard InChI is InChI=1S/C19H16O4/c1-3-15-17(18(20)12-7-6-8-13(11-12)22-2)19(21)14-9-4-5-10-16(14)23-15/h4-11H,3H2,1-2H3. The van der Waals surface area contributed by atoms with E-state index in [9.17, 15) is 9.59 Å². The van der Waals surface area contributed by atoms with E-state index in [0.29, 0.717) is 34.5 Å². The maximum absolute atomic E-state index is 12.8. The average molecular weight is 308 g/mol. The molecule has 0 amide bonds. The van der Waals surface area contributed by atoms with Crippen LogP contribution in [0, 0.1) is 0 Å². The van der Waals surface area contributed by atoms with Crippen LogP contribution in [0.15, 0.2) is 57.7 Å². The summed E-state index contributed by atoms with van der Waals surface area (Å²) in [5.41, 5.74) is 0.703. The van der Waals surface area contributed by atoms with Crippen molar-refractivity contribution in [3.63, 3.8) is 0 Å². The average Bonchev–Trinajstić information content (AvgIpc) is 2.61. The molecule has 0 spiro atoms. The maximum Gasteiger partial charge on any atom is 0.204 e. The summed E-state index contributed by atoms with van der Waals surface area (Å²) >= 11 is 0. The highest BCUT2D eigenvalue weighted by Gasteiger charge is 2.21. The summed E-state index contributed by atoms with van der Waals surface area (Å²) in [5, 5.41) is 0.413. The largest absolute Gasteiger partial charge is 0.497 e. The van der Waals surface area contributed by atoms with Gasteiger partial charge in [0.05, 0.1) is 12.5 Å². The highest BCUT2D eigenvalue weighted by Crippen LogP contribution is 2.20. The Morgan fingerprint density at radius 3 is 2.65 bits per heavy atom. The van der Waals surface area contributed by atoms with Gasteiger partial charge < -0.3 is 9.15 Å². The topological polar surface area (TPSA) is 56.5 Å². The minimum Gasteiger partial charge on any atom is -0.497 e. The molecular weight excluding hydrogens is 292 g/mol. The lowest BCUT2D eigenvalue weighted by Gasteiger charge is -2.08. The third-order valence-corrected chi connectivity index (χ3v) is 3.75. The fraction of sp³-hybridized carbons (Fsp3) is 0.158. The molecule has 0 aliphatic rings. The van der Waals surface area contributed by atoms with E-state index in [1.165, 1.54) is 7.11 Å². The van der Waals surface area contributed by atoms with Crippen LogP contribution >= 0.6 is 0 Å². The molecule has 4 heteroatoms. The molecule has 116 valence electrons. The van der Waals surface area contributed by atoms with Crippen LogP contribution in [-0.2, 0) is 6.42 Å². The van der Waals surface area contributed by atoms with E-state index < -0.39 is 0 Å². The Morgan fingerprint density at radius 1 is 1.13 bits per heavy atom. The molecule has 23 heavy (non-hydrogen) atoms. The fourth-order valence-corrected chi connectivity index (χ4v) is 2.58.